The van der Waals surface area contributed by atoms with Crippen molar-refractivity contribution in [2.45, 2.75) is 69.2 Å². The molecule has 0 amide bonds. The molecule has 1 aromatic heterocycles. The first-order chi connectivity index (χ1) is 21.1. The quantitative estimate of drug-likeness (QED) is 0.144. The number of ether oxygens (including phenoxy) is 3. The van der Waals surface area contributed by atoms with E-state index in [9.17, 15) is 19.8 Å². The minimum atomic E-state index is -1.73. The Bertz CT molecular complexity index is 1670. The smallest absolute Gasteiger partial charge is 0.306 e. The first-order valence-corrected chi connectivity index (χ1v) is 16.8. The lowest BCUT2D eigenvalue weighted by molar-refractivity contribution is -0.147. The first kappa shape index (κ1) is 30.6. The van der Waals surface area contributed by atoms with E-state index in [0.717, 1.165) is 62.9 Å². The highest BCUT2D eigenvalue weighted by Gasteiger charge is 2.46. The number of ketones is 1. The van der Waals surface area contributed by atoms with Crippen LogP contribution in [0.25, 0.3) is 21.2 Å². The third-order valence-electron chi connectivity index (χ3n) is 8.43. The van der Waals surface area contributed by atoms with Gasteiger partial charge in [-0.3, -0.25) is 9.59 Å². The summed E-state index contributed by atoms with van der Waals surface area (Å²) in [4.78, 5) is 24.1. The summed E-state index contributed by atoms with van der Waals surface area (Å²) in [7, 11) is 0. The highest BCUT2D eigenvalue weighted by atomic mass is 32.2. The fourth-order valence-electron chi connectivity index (χ4n) is 6.18. The van der Waals surface area contributed by atoms with E-state index in [-0.39, 0.29) is 30.7 Å². The topological polar surface area (TPSA) is 102 Å². The molecule has 0 spiro atoms. The van der Waals surface area contributed by atoms with E-state index in [2.05, 4.69) is 36.6 Å². The number of fused-ring (bicyclic) bond motifs is 1. The Hall–Kier alpha value is -3.37. The molecule has 3 aromatic carbocycles. The summed E-state index contributed by atoms with van der Waals surface area (Å²) in [6.07, 6.45) is 1.65. The van der Waals surface area contributed by atoms with Crippen LogP contribution in [0.4, 0.5) is 0 Å². The van der Waals surface area contributed by atoms with Gasteiger partial charge in [0.25, 0.3) is 0 Å². The SMILES string of the molecule is CCOC(=O)CC1(c2ccc(OCc3ccc4scc(-c5ccc(OC6CCSC(O)(O)C6)cc5C)c4c3)cc2)CC(=O)C1. The van der Waals surface area contributed by atoms with E-state index >= 15 is 0 Å². The van der Waals surface area contributed by atoms with Crippen molar-refractivity contribution in [2.24, 2.45) is 0 Å². The van der Waals surface area contributed by atoms with Crippen LogP contribution in [0.5, 0.6) is 11.5 Å². The zero-order valence-corrected chi connectivity index (χ0v) is 26.5. The number of hydrogen-bond acceptors (Lipinski definition) is 9. The predicted molar refractivity (Wildman–Crippen MR) is 173 cm³/mol. The maximum absolute atomic E-state index is 12.2. The van der Waals surface area contributed by atoms with Crippen LogP contribution in [0, 0.1) is 6.92 Å². The van der Waals surface area contributed by atoms with Gasteiger partial charge in [0.05, 0.1) is 13.0 Å². The number of aryl methyl sites for hydroxylation is 1. The van der Waals surface area contributed by atoms with Gasteiger partial charge in [-0.1, -0.05) is 36.0 Å². The van der Waals surface area contributed by atoms with Crippen molar-refractivity contribution in [1.82, 2.24) is 0 Å². The lowest BCUT2D eigenvalue weighted by atomic mass is 9.62. The number of hydrogen-bond donors (Lipinski definition) is 2. The van der Waals surface area contributed by atoms with E-state index in [1.54, 1.807) is 18.3 Å². The molecule has 6 rings (SSSR count). The summed E-state index contributed by atoms with van der Waals surface area (Å²) >= 11 is 2.85. The molecule has 1 unspecified atom stereocenters. The van der Waals surface area contributed by atoms with E-state index in [1.165, 1.54) is 4.70 Å². The molecule has 2 aliphatic rings. The second kappa shape index (κ2) is 12.6. The van der Waals surface area contributed by atoms with Crippen molar-refractivity contribution in [2.75, 3.05) is 12.4 Å². The summed E-state index contributed by atoms with van der Waals surface area (Å²) in [6, 6.07) is 20.1. The maximum Gasteiger partial charge on any atom is 0.306 e. The number of thioether (sulfide) groups is 1. The molecule has 1 saturated carbocycles. The predicted octanol–water partition coefficient (Wildman–Crippen LogP) is 6.92. The van der Waals surface area contributed by atoms with Crippen LogP contribution >= 0.6 is 23.1 Å². The molecule has 1 saturated heterocycles. The number of carbonyl (C=O) groups is 2. The van der Waals surface area contributed by atoms with Crippen LogP contribution in [-0.2, 0) is 26.3 Å². The Labute approximate surface area is 265 Å². The van der Waals surface area contributed by atoms with Crippen molar-refractivity contribution in [3.05, 3.63) is 82.7 Å². The number of carbonyl (C=O) groups excluding carboxylic acids is 2. The van der Waals surface area contributed by atoms with E-state index in [1.807, 2.05) is 36.4 Å². The molecular formula is C35H36O7S2. The van der Waals surface area contributed by atoms with Gasteiger partial charge in [0.2, 0.25) is 5.12 Å². The molecule has 1 aliphatic heterocycles. The van der Waals surface area contributed by atoms with Gasteiger partial charge in [0.1, 0.15) is 30.0 Å². The molecule has 2 fully saturated rings. The normalized spacial score (nSPS) is 18.9. The number of Topliss-reactive ketones (excluding diaryl/α,β-unsaturated/α-hetero) is 1. The van der Waals surface area contributed by atoms with Crippen molar-refractivity contribution in [3.63, 3.8) is 0 Å². The molecule has 230 valence electrons. The molecule has 9 heteroatoms. The molecule has 1 atom stereocenters. The van der Waals surface area contributed by atoms with E-state index < -0.39 is 10.5 Å². The Kier molecular flexibility index (Phi) is 8.75. The number of esters is 1. The lowest BCUT2D eigenvalue weighted by Crippen LogP contribution is -2.43. The fourth-order valence-corrected chi connectivity index (χ4v) is 8.14. The van der Waals surface area contributed by atoms with Gasteiger partial charge >= 0.3 is 5.97 Å². The van der Waals surface area contributed by atoms with Crippen LogP contribution in [0.1, 0.15) is 55.7 Å². The van der Waals surface area contributed by atoms with Gasteiger partial charge in [0.15, 0.2) is 0 Å². The highest BCUT2D eigenvalue weighted by molar-refractivity contribution is 8.00. The first-order valence-electron chi connectivity index (χ1n) is 14.9. The Morgan fingerprint density at radius 2 is 1.77 bits per heavy atom. The molecule has 0 radical (unpaired) electrons. The summed E-state index contributed by atoms with van der Waals surface area (Å²) < 4.78 is 18.6. The second-order valence-electron chi connectivity index (χ2n) is 11.7. The second-order valence-corrected chi connectivity index (χ2v) is 14.0. The van der Waals surface area contributed by atoms with Crippen LogP contribution in [0.2, 0.25) is 0 Å². The van der Waals surface area contributed by atoms with Crippen molar-refractivity contribution < 1.29 is 34.0 Å². The maximum atomic E-state index is 12.2. The minimum Gasteiger partial charge on any atom is -0.490 e. The van der Waals surface area contributed by atoms with Crippen LogP contribution in [0.15, 0.2) is 66.0 Å². The van der Waals surface area contributed by atoms with Crippen molar-refractivity contribution in [1.29, 1.82) is 0 Å². The third-order valence-corrected chi connectivity index (χ3v) is 10.5. The van der Waals surface area contributed by atoms with Gasteiger partial charge in [0, 0.05) is 46.1 Å². The summed E-state index contributed by atoms with van der Waals surface area (Å²) in [6.45, 7) is 4.58. The molecule has 4 aromatic rings. The molecule has 0 bridgehead atoms. The van der Waals surface area contributed by atoms with Crippen LogP contribution in [0.3, 0.4) is 0 Å². The molecular weight excluding hydrogens is 597 g/mol. The molecule has 44 heavy (non-hydrogen) atoms. The van der Waals surface area contributed by atoms with E-state index in [0.29, 0.717) is 31.8 Å². The standard InChI is InChI=1S/C35H36O7S2/c1-3-40-33(37)19-34(16-25(36)17-34)24-5-7-26(8-6-24)41-20-23-4-11-32-30(15-23)31(21-43-32)29-10-9-27(14-22(29)2)42-28-12-13-44-35(38,39)18-28/h4-11,14-15,21,28,38-39H,3,12-13,16-20H2,1-2H3. The molecule has 2 N–H and O–H groups in total. The average molecular weight is 633 g/mol. The third kappa shape index (κ3) is 6.66. The zero-order valence-electron chi connectivity index (χ0n) is 24.8. The minimum absolute atomic E-state index is 0.164. The lowest BCUT2D eigenvalue weighted by Gasteiger charge is -2.40. The van der Waals surface area contributed by atoms with E-state index in [4.69, 9.17) is 14.2 Å². The zero-order chi connectivity index (χ0) is 30.9. The highest BCUT2D eigenvalue weighted by Crippen LogP contribution is 2.45. The molecule has 1 aliphatic carbocycles. The van der Waals surface area contributed by atoms with Crippen LogP contribution in [-0.4, -0.2) is 45.5 Å². The monoisotopic (exact) mass is 632 g/mol. The Morgan fingerprint density at radius 1 is 1.00 bits per heavy atom. The van der Waals surface area contributed by atoms with Gasteiger partial charge < -0.3 is 24.4 Å². The van der Waals surface area contributed by atoms with Gasteiger partial charge in [-0.2, -0.15) is 0 Å². The van der Waals surface area contributed by atoms with Crippen molar-refractivity contribution >= 4 is 44.9 Å². The summed E-state index contributed by atoms with van der Waals surface area (Å²) in [5, 5.41) is 21.6. The van der Waals surface area contributed by atoms with Gasteiger partial charge in [-0.15, -0.1) is 11.3 Å². The van der Waals surface area contributed by atoms with Crippen molar-refractivity contribution in [3.8, 4) is 22.6 Å². The summed E-state index contributed by atoms with van der Waals surface area (Å²) in [5.41, 5.74) is 4.89. The number of thiophene rings is 1. The van der Waals surface area contributed by atoms with Crippen LogP contribution < -0.4 is 9.47 Å². The summed E-state index contributed by atoms with van der Waals surface area (Å²) in [5.74, 6) is 1.99. The molecule has 2 heterocycles. The number of benzene rings is 3. The Balaban J connectivity index is 1.13. The average Bonchev–Trinajstić information content (AvgIpc) is 3.38. The number of aliphatic hydroxyl groups is 2. The molecule has 7 nitrogen and oxygen atoms in total. The van der Waals surface area contributed by atoms with Gasteiger partial charge in [-0.25, -0.2) is 0 Å². The fraction of sp³-hybridized carbons (Fsp3) is 0.371. The van der Waals surface area contributed by atoms with Gasteiger partial charge in [-0.05, 0) is 84.3 Å². The largest absolute Gasteiger partial charge is 0.490 e. The Morgan fingerprint density at radius 3 is 2.48 bits per heavy atom. The number of rotatable bonds is 10.